The van der Waals surface area contributed by atoms with E-state index in [1.54, 1.807) is 6.92 Å². The Morgan fingerprint density at radius 2 is 1.84 bits per heavy atom. The molecule has 1 aliphatic rings. The van der Waals surface area contributed by atoms with Crippen LogP contribution in [-0.2, 0) is 15.1 Å². The smallest absolute Gasteiger partial charge is 0.319 e. The number of ketones is 1. The Balaban J connectivity index is 2.35. The van der Waals surface area contributed by atoms with Crippen LogP contribution in [-0.4, -0.2) is 29.2 Å². The highest BCUT2D eigenvalue weighted by molar-refractivity contribution is 6.09. The molecule has 1 heterocycles. The number of nitrogens with zero attached hydrogens (tertiary/aromatic N) is 1. The summed E-state index contributed by atoms with van der Waals surface area (Å²) in [7, 11) is 0. The van der Waals surface area contributed by atoms with Crippen LogP contribution >= 0.6 is 0 Å². The van der Waals surface area contributed by atoms with E-state index in [4.69, 9.17) is 0 Å². The van der Waals surface area contributed by atoms with Gasteiger partial charge in [-0.3, -0.25) is 14.5 Å². The van der Waals surface area contributed by atoms with Gasteiger partial charge in [0.25, 0.3) is 5.91 Å². The zero-order valence-electron chi connectivity index (χ0n) is 11.2. The Morgan fingerprint density at radius 3 is 2.37 bits per heavy atom. The van der Waals surface area contributed by atoms with Crippen LogP contribution in [0.4, 0.5) is 4.79 Å². The number of amides is 3. The van der Waals surface area contributed by atoms with E-state index in [9.17, 15) is 14.4 Å². The fourth-order valence-corrected chi connectivity index (χ4v) is 2.15. The van der Waals surface area contributed by atoms with Gasteiger partial charge in [-0.2, -0.15) is 0 Å². The number of rotatable bonds is 3. The summed E-state index contributed by atoms with van der Waals surface area (Å²) in [5.74, 6) is -0.617. The second kappa shape index (κ2) is 4.50. The lowest BCUT2D eigenvalue weighted by molar-refractivity contribution is -0.133. The topological polar surface area (TPSA) is 66.5 Å². The second-order valence-corrected chi connectivity index (χ2v) is 5.01. The van der Waals surface area contributed by atoms with Gasteiger partial charge in [-0.25, -0.2) is 4.79 Å². The fraction of sp³-hybridized carbons (Fsp3) is 0.357. The summed E-state index contributed by atoms with van der Waals surface area (Å²) in [5.41, 5.74) is 0.687. The molecule has 0 spiro atoms. The molecule has 2 rings (SSSR count). The summed E-state index contributed by atoms with van der Waals surface area (Å²) in [6, 6.07) is 6.86. The zero-order chi connectivity index (χ0) is 14.2. The van der Waals surface area contributed by atoms with Gasteiger partial charge in [0, 0.05) is 0 Å². The van der Waals surface area contributed by atoms with Gasteiger partial charge in [0.1, 0.15) is 11.3 Å². The summed E-state index contributed by atoms with van der Waals surface area (Å²) in [6.07, 6.45) is 0. The van der Waals surface area contributed by atoms with E-state index < -0.39 is 17.5 Å². The van der Waals surface area contributed by atoms with Crippen molar-refractivity contribution in [2.45, 2.75) is 26.3 Å². The lowest BCUT2D eigenvalue weighted by Crippen LogP contribution is -2.41. The first-order valence-corrected chi connectivity index (χ1v) is 6.05. The molecule has 0 bridgehead atoms. The molecule has 100 valence electrons. The average Bonchev–Trinajstić information content (AvgIpc) is 2.54. The summed E-state index contributed by atoms with van der Waals surface area (Å²) >= 11 is 0. The first kappa shape index (κ1) is 13.3. The van der Waals surface area contributed by atoms with Crippen molar-refractivity contribution in [3.05, 3.63) is 35.4 Å². The lowest BCUT2D eigenvalue weighted by atomic mass is 9.91. The number of benzene rings is 1. The number of hydrogen-bond acceptors (Lipinski definition) is 3. The minimum atomic E-state index is -1.10. The molecule has 1 aliphatic heterocycles. The second-order valence-electron chi connectivity index (χ2n) is 5.01. The van der Waals surface area contributed by atoms with Crippen LogP contribution in [0.5, 0.6) is 0 Å². The summed E-state index contributed by atoms with van der Waals surface area (Å²) in [5, 5.41) is 2.66. The van der Waals surface area contributed by atoms with E-state index in [0.29, 0.717) is 5.56 Å². The van der Waals surface area contributed by atoms with Crippen molar-refractivity contribution in [3.63, 3.8) is 0 Å². The van der Waals surface area contributed by atoms with Crippen molar-refractivity contribution in [1.82, 2.24) is 10.2 Å². The maximum absolute atomic E-state index is 12.3. The number of imide groups is 1. The highest BCUT2D eigenvalue weighted by Gasteiger charge is 2.49. The maximum Gasteiger partial charge on any atom is 0.325 e. The Morgan fingerprint density at radius 1 is 1.26 bits per heavy atom. The first-order valence-electron chi connectivity index (χ1n) is 6.05. The number of Topliss-reactive ketones (excluding diaryl/α,β-unsaturated/α-hetero) is 1. The molecule has 1 aromatic carbocycles. The highest BCUT2D eigenvalue weighted by Crippen LogP contribution is 2.28. The molecule has 1 saturated heterocycles. The molecule has 5 heteroatoms. The van der Waals surface area contributed by atoms with Crippen molar-refractivity contribution in [3.8, 4) is 0 Å². The molecule has 1 aromatic rings. The Bertz CT molecular complexity index is 550. The van der Waals surface area contributed by atoms with Gasteiger partial charge in [0.05, 0.1) is 6.54 Å². The van der Waals surface area contributed by atoms with Crippen molar-refractivity contribution in [2.24, 2.45) is 0 Å². The van der Waals surface area contributed by atoms with Gasteiger partial charge in [-0.15, -0.1) is 0 Å². The number of carbonyl (C=O) groups excluding carboxylic acids is 3. The van der Waals surface area contributed by atoms with Crippen molar-refractivity contribution in [2.75, 3.05) is 6.54 Å². The molecule has 0 aromatic heterocycles. The standard InChI is InChI=1S/C14H16N2O3/c1-9-4-6-11(7-5-9)14(3)12(18)16(8-10(2)17)13(19)15-14/h4-7H,8H2,1-3H3,(H,15,19)/t14-/m1/s1. The van der Waals surface area contributed by atoms with Crippen LogP contribution in [0.3, 0.4) is 0 Å². The Labute approximate surface area is 111 Å². The molecule has 1 N–H and O–H groups in total. The maximum atomic E-state index is 12.3. The minimum absolute atomic E-state index is 0.188. The average molecular weight is 260 g/mol. The van der Waals surface area contributed by atoms with Crippen LogP contribution in [0.25, 0.3) is 0 Å². The van der Waals surface area contributed by atoms with Crippen LogP contribution in [0.2, 0.25) is 0 Å². The van der Waals surface area contributed by atoms with E-state index >= 15 is 0 Å². The van der Waals surface area contributed by atoms with Gasteiger partial charge in [-0.05, 0) is 26.3 Å². The molecule has 3 amide bonds. The van der Waals surface area contributed by atoms with Crippen molar-refractivity contribution < 1.29 is 14.4 Å². The Hall–Kier alpha value is -2.17. The fourth-order valence-electron chi connectivity index (χ4n) is 2.15. The van der Waals surface area contributed by atoms with Crippen LogP contribution in [0.1, 0.15) is 25.0 Å². The quantitative estimate of drug-likeness (QED) is 0.834. The number of carbonyl (C=O) groups is 3. The molecule has 0 unspecified atom stereocenters. The molecular formula is C14H16N2O3. The SMILES string of the molecule is CC(=O)CN1C(=O)N[C@](C)(c2ccc(C)cc2)C1=O. The van der Waals surface area contributed by atoms with E-state index in [2.05, 4.69) is 5.32 Å². The number of aryl methyl sites for hydroxylation is 1. The van der Waals surface area contributed by atoms with Crippen LogP contribution in [0, 0.1) is 6.92 Å². The van der Waals surface area contributed by atoms with Gasteiger partial charge < -0.3 is 5.32 Å². The first-order chi connectivity index (χ1) is 8.84. The van der Waals surface area contributed by atoms with E-state index in [0.717, 1.165) is 10.5 Å². The van der Waals surface area contributed by atoms with Gasteiger partial charge in [0.15, 0.2) is 0 Å². The Kier molecular flexibility index (Phi) is 3.14. The van der Waals surface area contributed by atoms with E-state index in [-0.39, 0.29) is 12.3 Å². The number of urea groups is 1. The predicted octanol–water partition coefficient (Wildman–Crippen LogP) is 1.35. The third-order valence-electron chi connectivity index (χ3n) is 3.28. The van der Waals surface area contributed by atoms with E-state index in [1.165, 1.54) is 6.92 Å². The molecule has 0 radical (unpaired) electrons. The summed E-state index contributed by atoms with van der Waals surface area (Å²) < 4.78 is 0. The normalized spacial score (nSPS) is 22.6. The zero-order valence-corrected chi connectivity index (χ0v) is 11.2. The molecule has 5 nitrogen and oxygen atoms in total. The van der Waals surface area contributed by atoms with E-state index in [1.807, 2.05) is 31.2 Å². The molecule has 19 heavy (non-hydrogen) atoms. The van der Waals surface area contributed by atoms with Crippen molar-refractivity contribution in [1.29, 1.82) is 0 Å². The largest absolute Gasteiger partial charge is 0.325 e. The monoisotopic (exact) mass is 260 g/mol. The summed E-state index contributed by atoms with van der Waals surface area (Å²) in [6.45, 7) is 4.76. The number of hydrogen-bond donors (Lipinski definition) is 1. The van der Waals surface area contributed by atoms with Gasteiger partial charge in [0.2, 0.25) is 0 Å². The minimum Gasteiger partial charge on any atom is -0.319 e. The highest BCUT2D eigenvalue weighted by atomic mass is 16.2. The van der Waals surface area contributed by atoms with Crippen LogP contribution in [0.15, 0.2) is 24.3 Å². The predicted molar refractivity (Wildman–Crippen MR) is 69.5 cm³/mol. The third kappa shape index (κ3) is 2.23. The summed E-state index contributed by atoms with van der Waals surface area (Å²) in [4.78, 5) is 36.2. The van der Waals surface area contributed by atoms with Gasteiger partial charge in [-0.1, -0.05) is 29.8 Å². The molecular weight excluding hydrogens is 244 g/mol. The third-order valence-corrected chi connectivity index (χ3v) is 3.28. The number of nitrogens with one attached hydrogen (secondary N) is 1. The molecule has 1 fully saturated rings. The lowest BCUT2D eigenvalue weighted by Gasteiger charge is -2.22. The molecule has 0 saturated carbocycles. The molecule has 0 aliphatic carbocycles. The van der Waals surface area contributed by atoms with Crippen molar-refractivity contribution >= 4 is 17.7 Å². The van der Waals surface area contributed by atoms with Gasteiger partial charge >= 0.3 is 6.03 Å². The molecule has 1 atom stereocenters. The van der Waals surface area contributed by atoms with Crippen LogP contribution < -0.4 is 5.32 Å².